The summed E-state index contributed by atoms with van der Waals surface area (Å²) in [6, 6.07) is 10.9. The predicted molar refractivity (Wildman–Crippen MR) is 64.8 cm³/mol. The second kappa shape index (κ2) is 5.29. The molecule has 2 aromatic carbocycles. The molecule has 0 fully saturated rings. The second-order valence-corrected chi connectivity index (χ2v) is 4.64. The molecule has 0 bridgehead atoms. The number of hydrogen-bond donors (Lipinski definition) is 1. The molecule has 0 radical (unpaired) electrons. The van der Waals surface area contributed by atoms with Gasteiger partial charge in [-0.15, -0.1) is 0 Å². The lowest BCUT2D eigenvalue weighted by Crippen LogP contribution is -1.95. The Bertz CT molecular complexity index is 529. The molecule has 0 unspecified atom stereocenters. The van der Waals surface area contributed by atoms with E-state index in [4.69, 9.17) is 5.73 Å². The molecule has 0 atom stereocenters. The van der Waals surface area contributed by atoms with Gasteiger partial charge in [0.05, 0.1) is 4.90 Å². The van der Waals surface area contributed by atoms with E-state index in [0.29, 0.717) is 6.54 Å². The van der Waals surface area contributed by atoms with Gasteiger partial charge < -0.3 is 5.73 Å². The van der Waals surface area contributed by atoms with E-state index in [2.05, 4.69) is 0 Å². The summed E-state index contributed by atoms with van der Waals surface area (Å²) in [5.41, 5.74) is 6.49. The molecule has 0 aliphatic heterocycles. The van der Waals surface area contributed by atoms with Gasteiger partial charge in [-0.3, -0.25) is 0 Å². The average molecular weight is 251 g/mol. The summed E-state index contributed by atoms with van der Waals surface area (Å²) in [6.45, 7) is 0.431. The highest BCUT2D eigenvalue weighted by atomic mass is 32.2. The first-order valence-electron chi connectivity index (χ1n) is 5.11. The smallest absolute Gasteiger partial charge is 0.137 e. The van der Waals surface area contributed by atoms with Gasteiger partial charge in [0, 0.05) is 11.4 Å². The molecule has 0 saturated carbocycles. The first kappa shape index (κ1) is 12.1. The Kier molecular flexibility index (Phi) is 3.76. The third kappa shape index (κ3) is 3.05. The number of halogens is 2. The van der Waals surface area contributed by atoms with Gasteiger partial charge in [-0.2, -0.15) is 0 Å². The molecule has 2 N–H and O–H groups in total. The van der Waals surface area contributed by atoms with Crippen molar-refractivity contribution in [1.29, 1.82) is 0 Å². The van der Waals surface area contributed by atoms with Crippen molar-refractivity contribution >= 4 is 11.8 Å². The van der Waals surface area contributed by atoms with Crippen LogP contribution in [-0.2, 0) is 6.54 Å². The Morgan fingerprint density at radius 3 is 2.65 bits per heavy atom. The van der Waals surface area contributed by atoms with Crippen LogP contribution in [0.4, 0.5) is 8.78 Å². The maximum Gasteiger partial charge on any atom is 0.137 e. The molecule has 0 spiro atoms. The topological polar surface area (TPSA) is 26.0 Å². The van der Waals surface area contributed by atoms with E-state index in [1.165, 1.54) is 17.8 Å². The van der Waals surface area contributed by atoms with Crippen molar-refractivity contribution in [1.82, 2.24) is 0 Å². The quantitative estimate of drug-likeness (QED) is 0.902. The van der Waals surface area contributed by atoms with Gasteiger partial charge in [-0.1, -0.05) is 23.9 Å². The minimum atomic E-state index is -0.441. The molecule has 88 valence electrons. The molecule has 4 heteroatoms. The van der Waals surface area contributed by atoms with Crippen LogP contribution in [-0.4, -0.2) is 0 Å². The number of nitrogens with two attached hydrogens (primary N) is 1. The highest BCUT2D eigenvalue weighted by Crippen LogP contribution is 2.30. The SMILES string of the molecule is NCc1cccc(Sc2cc(F)ccc2F)c1. The van der Waals surface area contributed by atoms with E-state index in [9.17, 15) is 8.78 Å². The molecule has 0 aliphatic rings. The van der Waals surface area contributed by atoms with Crippen LogP contribution in [0, 0.1) is 11.6 Å². The Balaban J connectivity index is 2.27. The molecule has 0 aromatic heterocycles. The second-order valence-electron chi connectivity index (χ2n) is 3.53. The molecular formula is C13H11F2NS. The summed E-state index contributed by atoms with van der Waals surface area (Å²) in [4.78, 5) is 1.12. The molecule has 0 aliphatic carbocycles. The number of hydrogen-bond acceptors (Lipinski definition) is 2. The highest BCUT2D eigenvalue weighted by Gasteiger charge is 2.06. The van der Waals surface area contributed by atoms with Crippen molar-refractivity contribution in [2.24, 2.45) is 5.73 Å². The van der Waals surface area contributed by atoms with Crippen LogP contribution < -0.4 is 5.73 Å². The predicted octanol–water partition coefficient (Wildman–Crippen LogP) is 3.57. The average Bonchev–Trinajstić information content (AvgIpc) is 2.34. The highest BCUT2D eigenvalue weighted by molar-refractivity contribution is 7.99. The van der Waals surface area contributed by atoms with Crippen molar-refractivity contribution in [3.8, 4) is 0 Å². The van der Waals surface area contributed by atoms with Crippen LogP contribution in [0.5, 0.6) is 0 Å². The molecule has 17 heavy (non-hydrogen) atoms. The van der Waals surface area contributed by atoms with E-state index >= 15 is 0 Å². The maximum absolute atomic E-state index is 13.4. The zero-order chi connectivity index (χ0) is 12.3. The van der Waals surface area contributed by atoms with Crippen molar-refractivity contribution in [3.05, 3.63) is 59.7 Å². The van der Waals surface area contributed by atoms with Gasteiger partial charge in [0.15, 0.2) is 0 Å². The van der Waals surface area contributed by atoms with Crippen LogP contribution in [0.25, 0.3) is 0 Å². The molecule has 2 rings (SSSR count). The lowest BCUT2D eigenvalue weighted by Gasteiger charge is -2.05. The minimum absolute atomic E-state index is 0.277. The summed E-state index contributed by atoms with van der Waals surface area (Å²) in [5, 5.41) is 0. The fourth-order valence-electron chi connectivity index (χ4n) is 1.42. The van der Waals surface area contributed by atoms with Crippen molar-refractivity contribution in [3.63, 3.8) is 0 Å². The molecule has 0 amide bonds. The largest absolute Gasteiger partial charge is 0.326 e. The van der Waals surface area contributed by atoms with Crippen LogP contribution in [0.2, 0.25) is 0 Å². The minimum Gasteiger partial charge on any atom is -0.326 e. The van der Waals surface area contributed by atoms with Gasteiger partial charge in [-0.05, 0) is 35.9 Å². The fraction of sp³-hybridized carbons (Fsp3) is 0.0769. The van der Waals surface area contributed by atoms with E-state index in [0.717, 1.165) is 22.6 Å². The van der Waals surface area contributed by atoms with Crippen molar-refractivity contribution in [2.75, 3.05) is 0 Å². The third-order valence-electron chi connectivity index (χ3n) is 2.26. The molecule has 0 saturated heterocycles. The van der Waals surface area contributed by atoms with Gasteiger partial charge in [-0.25, -0.2) is 8.78 Å². The summed E-state index contributed by atoms with van der Waals surface area (Å²) in [5.74, 6) is -0.863. The Morgan fingerprint density at radius 1 is 1.06 bits per heavy atom. The van der Waals surface area contributed by atoms with Gasteiger partial charge >= 0.3 is 0 Å². The van der Waals surface area contributed by atoms with Crippen LogP contribution >= 0.6 is 11.8 Å². The standard InChI is InChI=1S/C13H11F2NS/c14-10-4-5-12(15)13(7-10)17-11-3-1-2-9(6-11)8-16/h1-7H,8,16H2. The normalized spacial score (nSPS) is 10.5. The van der Waals surface area contributed by atoms with Crippen molar-refractivity contribution < 1.29 is 8.78 Å². The van der Waals surface area contributed by atoms with Crippen LogP contribution in [0.15, 0.2) is 52.3 Å². The van der Waals surface area contributed by atoms with E-state index < -0.39 is 11.6 Å². The Hall–Kier alpha value is -1.39. The summed E-state index contributed by atoms with van der Waals surface area (Å²) in [6.07, 6.45) is 0. The Morgan fingerprint density at radius 2 is 1.88 bits per heavy atom. The zero-order valence-electron chi connectivity index (χ0n) is 8.99. The first-order valence-corrected chi connectivity index (χ1v) is 5.92. The zero-order valence-corrected chi connectivity index (χ0v) is 9.81. The molecular weight excluding hydrogens is 240 g/mol. The van der Waals surface area contributed by atoms with Gasteiger partial charge in [0.1, 0.15) is 11.6 Å². The number of rotatable bonds is 3. The Labute approximate surface area is 103 Å². The lowest BCUT2D eigenvalue weighted by atomic mass is 10.2. The van der Waals surface area contributed by atoms with E-state index in [1.54, 1.807) is 0 Å². The van der Waals surface area contributed by atoms with E-state index in [1.807, 2.05) is 24.3 Å². The number of benzene rings is 2. The first-order chi connectivity index (χ1) is 8.19. The summed E-state index contributed by atoms with van der Waals surface area (Å²) in [7, 11) is 0. The maximum atomic E-state index is 13.4. The monoisotopic (exact) mass is 251 g/mol. The van der Waals surface area contributed by atoms with Gasteiger partial charge in [0.2, 0.25) is 0 Å². The lowest BCUT2D eigenvalue weighted by molar-refractivity contribution is 0.577. The summed E-state index contributed by atoms with van der Waals surface area (Å²) >= 11 is 1.19. The molecule has 1 nitrogen and oxygen atoms in total. The van der Waals surface area contributed by atoms with Gasteiger partial charge in [0.25, 0.3) is 0 Å². The fourth-order valence-corrected chi connectivity index (χ4v) is 2.37. The molecule has 2 aromatic rings. The summed E-state index contributed by atoms with van der Waals surface area (Å²) < 4.78 is 26.4. The van der Waals surface area contributed by atoms with Crippen LogP contribution in [0.3, 0.4) is 0 Å². The van der Waals surface area contributed by atoms with Crippen molar-refractivity contribution in [2.45, 2.75) is 16.3 Å². The third-order valence-corrected chi connectivity index (χ3v) is 3.28. The molecule has 0 heterocycles. The van der Waals surface area contributed by atoms with Crippen LogP contribution in [0.1, 0.15) is 5.56 Å². The van der Waals surface area contributed by atoms with E-state index in [-0.39, 0.29) is 4.90 Å².